The molecule has 2 rings (SSSR count). The molecule has 1 atom stereocenters. The van der Waals surface area contributed by atoms with E-state index in [1.807, 2.05) is 0 Å². The van der Waals surface area contributed by atoms with Crippen molar-refractivity contribution in [1.29, 1.82) is 0 Å². The number of carbonyl (C=O) groups excluding carboxylic acids is 2. The minimum absolute atomic E-state index is 0.0363. The predicted molar refractivity (Wildman–Crippen MR) is 115 cm³/mol. The number of nitro benzene ring substituents is 1. The molecule has 0 heterocycles. The number of carbonyl (C=O) groups is 2. The van der Waals surface area contributed by atoms with Crippen LogP contribution in [0.15, 0.2) is 48.5 Å². The first kappa shape index (κ1) is 23.6. The lowest BCUT2D eigenvalue weighted by atomic mass is 10.2. The fourth-order valence-electron chi connectivity index (χ4n) is 2.20. The fourth-order valence-corrected chi connectivity index (χ4v) is 2.76. The number of carboxylic acids is 1. The summed E-state index contributed by atoms with van der Waals surface area (Å²) in [5, 5.41) is 29.4. The van der Waals surface area contributed by atoms with Crippen molar-refractivity contribution in [2.45, 2.75) is 9.96 Å². The van der Waals surface area contributed by atoms with E-state index in [0.717, 1.165) is 6.07 Å². The molecule has 0 saturated carbocycles. The third-order valence-corrected chi connectivity index (χ3v) is 4.43. The maximum Gasteiger partial charge on any atom is 0.270 e. The summed E-state index contributed by atoms with van der Waals surface area (Å²) >= 11 is 22.8. The molecule has 0 aliphatic rings. The summed E-state index contributed by atoms with van der Waals surface area (Å²) < 4.78 is -2.06. The van der Waals surface area contributed by atoms with Gasteiger partial charge < -0.3 is 25.9 Å². The van der Waals surface area contributed by atoms with E-state index in [0.29, 0.717) is 5.69 Å². The Morgan fingerprint density at radius 2 is 1.67 bits per heavy atom. The van der Waals surface area contributed by atoms with Crippen molar-refractivity contribution in [3.8, 4) is 0 Å². The Morgan fingerprint density at radius 1 is 1.03 bits per heavy atom. The second-order valence-electron chi connectivity index (χ2n) is 5.72. The Hall–Kier alpha value is -2.66. The topological polar surface area (TPSA) is 136 Å². The molecule has 2 aromatic rings. The van der Waals surface area contributed by atoms with Crippen molar-refractivity contribution in [3.63, 3.8) is 0 Å². The number of alkyl halides is 3. The molecule has 1 amide bonds. The van der Waals surface area contributed by atoms with Crippen LogP contribution in [-0.2, 0) is 0 Å². The molecule has 0 aromatic heterocycles. The lowest BCUT2D eigenvalue weighted by Gasteiger charge is -2.27. The van der Waals surface area contributed by atoms with Gasteiger partial charge in [0.05, 0.1) is 10.9 Å². The molecule has 0 aliphatic carbocycles. The first-order valence-corrected chi connectivity index (χ1v) is 9.52. The third-order valence-electron chi connectivity index (χ3n) is 3.55. The Bertz CT molecular complexity index is 999. The zero-order valence-electron chi connectivity index (χ0n) is 14.7. The molecular formula is C17H12Cl3N4O5S-. The Morgan fingerprint density at radius 3 is 2.27 bits per heavy atom. The van der Waals surface area contributed by atoms with Gasteiger partial charge in [-0.1, -0.05) is 53.0 Å². The summed E-state index contributed by atoms with van der Waals surface area (Å²) in [7, 11) is 0. The number of amides is 1. The van der Waals surface area contributed by atoms with E-state index < -0.39 is 26.8 Å². The minimum Gasteiger partial charge on any atom is -0.545 e. The van der Waals surface area contributed by atoms with Gasteiger partial charge in [-0.25, -0.2) is 0 Å². The number of carboxylic acid groups (broad SMARTS) is 1. The average Bonchev–Trinajstić information content (AvgIpc) is 2.66. The van der Waals surface area contributed by atoms with Gasteiger partial charge >= 0.3 is 0 Å². The highest BCUT2D eigenvalue weighted by Gasteiger charge is 2.35. The van der Waals surface area contributed by atoms with E-state index >= 15 is 0 Å². The van der Waals surface area contributed by atoms with E-state index in [-0.39, 0.29) is 21.9 Å². The van der Waals surface area contributed by atoms with Crippen LogP contribution < -0.4 is 21.1 Å². The van der Waals surface area contributed by atoms with Gasteiger partial charge in [0, 0.05) is 23.4 Å². The molecule has 3 N–H and O–H groups in total. The molecule has 30 heavy (non-hydrogen) atoms. The molecule has 13 heteroatoms. The quantitative estimate of drug-likeness (QED) is 0.185. The van der Waals surface area contributed by atoms with Gasteiger partial charge in [-0.05, 0) is 36.0 Å². The Labute approximate surface area is 190 Å². The molecule has 0 bridgehead atoms. The molecule has 0 unspecified atom stereocenters. The van der Waals surface area contributed by atoms with Gasteiger partial charge in [-0.2, -0.15) is 0 Å². The first-order valence-electron chi connectivity index (χ1n) is 7.98. The number of anilines is 1. The highest BCUT2D eigenvalue weighted by molar-refractivity contribution is 7.80. The van der Waals surface area contributed by atoms with Crippen molar-refractivity contribution >= 4 is 75.4 Å². The molecule has 2 aromatic carbocycles. The van der Waals surface area contributed by atoms with Gasteiger partial charge in [-0.3, -0.25) is 14.9 Å². The predicted octanol–water partition coefficient (Wildman–Crippen LogP) is 2.37. The number of hydrogen-bond donors (Lipinski definition) is 3. The first-order chi connectivity index (χ1) is 14.0. The molecule has 0 radical (unpaired) electrons. The Balaban J connectivity index is 2.12. The largest absolute Gasteiger partial charge is 0.545 e. The van der Waals surface area contributed by atoms with E-state index in [1.54, 1.807) is 0 Å². The molecular weight excluding hydrogens is 479 g/mol. The van der Waals surface area contributed by atoms with Gasteiger partial charge in [-0.15, -0.1) is 0 Å². The van der Waals surface area contributed by atoms with Crippen LogP contribution in [0.5, 0.6) is 0 Å². The van der Waals surface area contributed by atoms with E-state index in [9.17, 15) is 24.8 Å². The van der Waals surface area contributed by atoms with Crippen LogP contribution in [0.1, 0.15) is 20.7 Å². The van der Waals surface area contributed by atoms with Crippen LogP contribution in [0.4, 0.5) is 11.4 Å². The number of halogens is 3. The van der Waals surface area contributed by atoms with Crippen LogP contribution in [0.3, 0.4) is 0 Å². The van der Waals surface area contributed by atoms with Crippen LogP contribution in [-0.4, -0.2) is 31.9 Å². The Kier molecular flexibility index (Phi) is 7.79. The molecule has 0 saturated heterocycles. The highest BCUT2D eigenvalue weighted by atomic mass is 35.6. The summed E-state index contributed by atoms with van der Waals surface area (Å²) in [5.41, 5.74) is -0.0983. The number of nitrogens with one attached hydrogen (secondary N) is 3. The summed E-state index contributed by atoms with van der Waals surface area (Å²) in [6.45, 7) is 0. The SMILES string of the molecule is O=C([O-])c1cccc(NC(=S)N[C@@H](NC(=O)c2cccc([N+](=O)[O-])c2)C(Cl)(Cl)Cl)c1. The second-order valence-corrected chi connectivity index (χ2v) is 8.50. The standard InChI is InChI=1S/C17H13Cl3N4O5S/c18-17(19,20)15(22-13(25)9-3-2-6-12(8-9)24(28)29)23-16(30)21-11-5-1-4-10(7-11)14(26)27/h1-8,15H,(H,22,25)(H,26,27)(H2,21,23,30)/p-1/t15-/m1/s1. The van der Waals surface area contributed by atoms with Crippen molar-refractivity contribution in [2.75, 3.05) is 5.32 Å². The number of aromatic carboxylic acids is 1. The zero-order valence-corrected chi connectivity index (χ0v) is 17.8. The lowest BCUT2D eigenvalue weighted by molar-refractivity contribution is -0.384. The van der Waals surface area contributed by atoms with Gasteiger partial charge in [0.15, 0.2) is 5.11 Å². The summed E-state index contributed by atoms with van der Waals surface area (Å²) in [6.07, 6.45) is -1.33. The molecule has 0 aliphatic heterocycles. The normalized spacial score (nSPS) is 11.8. The smallest absolute Gasteiger partial charge is 0.270 e. The highest BCUT2D eigenvalue weighted by Crippen LogP contribution is 2.29. The van der Waals surface area contributed by atoms with E-state index in [1.165, 1.54) is 42.5 Å². The molecule has 0 spiro atoms. The van der Waals surface area contributed by atoms with Gasteiger partial charge in [0.25, 0.3) is 11.6 Å². The van der Waals surface area contributed by atoms with Crippen LogP contribution in [0, 0.1) is 10.1 Å². The number of non-ortho nitro benzene ring substituents is 1. The van der Waals surface area contributed by atoms with Crippen molar-refractivity contribution in [1.82, 2.24) is 10.6 Å². The fraction of sp³-hybridized carbons (Fsp3) is 0.118. The van der Waals surface area contributed by atoms with Crippen molar-refractivity contribution in [3.05, 3.63) is 69.8 Å². The average molecular weight is 491 g/mol. The molecule has 0 fully saturated rings. The second kappa shape index (κ2) is 9.90. The summed E-state index contributed by atoms with van der Waals surface area (Å²) in [6, 6.07) is 10.6. The summed E-state index contributed by atoms with van der Waals surface area (Å²) in [5.74, 6) is -2.13. The number of rotatable bonds is 6. The number of hydrogen-bond acceptors (Lipinski definition) is 6. The van der Waals surface area contributed by atoms with E-state index in [4.69, 9.17) is 47.0 Å². The van der Waals surface area contributed by atoms with Gasteiger partial charge in [0.1, 0.15) is 6.17 Å². The number of nitrogens with zero attached hydrogens (tertiary/aromatic N) is 1. The zero-order chi connectivity index (χ0) is 22.5. The maximum absolute atomic E-state index is 12.5. The summed E-state index contributed by atoms with van der Waals surface area (Å²) in [4.78, 5) is 33.6. The van der Waals surface area contributed by atoms with E-state index in [2.05, 4.69) is 16.0 Å². The number of thiocarbonyl (C=S) groups is 1. The van der Waals surface area contributed by atoms with Gasteiger partial charge in [0.2, 0.25) is 3.79 Å². The van der Waals surface area contributed by atoms with Crippen LogP contribution >= 0.6 is 47.0 Å². The van der Waals surface area contributed by atoms with Crippen LogP contribution in [0.25, 0.3) is 0 Å². The minimum atomic E-state index is -2.06. The third kappa shape index (κ3) is 6.70. The van der Waals surface area contributed by atoms with Crippen LogP contribution in [0.2, 0.25) is 0 Å². The van der Waals surface area contributed by atoms with Crippen molar-refractivity contribution in [2.24, 2.45) is 0 Å². The number of benzene rings is 2. The monoisotopic (exact) mass is 489 g/mol. The molecule has 9 nitrogen and oxygen atoms in total. The van der Waals surface area contributed by atoms with Crippen molar-refractivity contribution < 1.29 is 19.6 Å². The maximum atomic E-state index is 12.5. The number of nitro groups is 1. The molecule has 158 valence electrons. The lowest BCUT2D eigenvalue weighted by Crippen LogP contribution is -2.56.